The third kappa shape index (κ3) is 4.97. The smallest absolute Gasteiger partial charge is 0.220 e. The highest BCUT2D eigenvalue weighted by molar-refractivity contribution is 5.77. The van der Waals surface area contributed by atoms with Crippen LogP contribution >= 0.6 is 0 Å². The molecule has 1 saturated carbocycles. The van der Waals surface area contributed by atoms with Crippen molar-refractivity contribution in [2.24, 2.45) is 5.92 Å². The summed E-state index contributed by atoms with van der Waals surface area (Å²) in [5.74, 6) is 1.32. The van der Waals surface area contributed by atoms with E-state index in [0.29, 0.717) is 18.3 Å². The first-order valence-electron chi connectivity index (χ1n) is 7.63. The molecular weight excluding hydrogens is 248 g/mol. The summed E-state index contributed by atoms with van der Waals surface area (Å²) in [5, 5.41) is 3.06. The average molecular weight is 274 g/mol. The molecular formula is C17H26N2O. The molecule has 1 aromatic carbocycles. The van der Waals surface area contributed by atoms with E-state index in [1.54, 1.807) is 0 Å². The zero-order chi connectivity index (χ0) is 14.4. The summed E-state index contributed by atoms with van der Waals surface area (Å²) >= 11 is 0. The summed E-state index contributed by atoms with van der Waals surface area (Å²) in [6.07, 6.45) is 4.19. The predicted molar refractivity (Wildman–Crippen MR) is 82.7 cm³/mol. The van der Waals surface area contributed by atoms with E-state index in [9.17, 15) is 4.79 Å². The fourth-order valence-electron chi connectivity index (χ4n) is 2.65. The zero-order valence-electron chi connectivity index (χ0n) is 12.6. The molecule has 0 saturated heterocycles. The molecule has 1 aromatic rings. The van der Waals surface area contributed by atoms with Crippen LogP contribution in [0.4, 0.5) is 0 Å². The number of nitrogens with zero attached hydrogens (tertiary/aromatic N) is 1. The number of hydrogen-bond acceptors (Lipinski definition) is 2. The maximum Gasteiger partial charge on any atom is 0.220 e. The van der Waals surface area contributed by atoms with Gasteiger partial charge in [0.1, 0.15) is 0 Å². The zero-order valence-corrected chi connectivity index (χ0v) is 12.6. The molecule has 1 aliphatic carbocycles. The van der Waals surface area contributed by atoms with E-state index in [1.165, 1.54) is 18.4 Å². The second-order valence-corrected chi connectivity index (χ2v) is 6.07. The predicted octanol–water partition coefficient (Wildman–Crippen LogP) is 2.64. The number of hydrogen-bond donors (Lipinski definition) is 1. The van der Waals surface area contributed by atoms with Gasteiger partial charge in [0, 0.05) is 13.0 Å². The highest BCUT2D eigenvalue weighted by Gasteiger charge is 2.33. The summed E-state index contributed by atoms with van der Waals surface area (Å²) in [4.78, 5) is 14.2. The van der Waals surface area contributed by atoms with Crippen LogP contribution in [0.1, 0.15) is 37.2 Å². The van der Waals surface area contributed by atoms with E-state index in [2.05, 4.69) is 48.6 Å². The van der Waals surface area contributed by atoms with Crippen molar-refractivity contribution in [3.8, 4) is 0 Å². The monoisotopic (exact) mass is 274 g/mol. The molecule has 2 rings (SSSR count). The number of rotatable bonds is 8. The Balaban J connectivity index is 1.79. The molecule has 3 nitrogen and oxygen atoms in total. The minimum atomic E-state index is 0.199. The van der Waals surface area contributed by atoms with Gasteiger partial charge in [-0.05, 0) is 57.3 Å². The molecule has 3 heteroatoms. The van der Waals surface area contributed by atoms with Crippen molar-refractivity contribution in [3.05, 3.63) is 35.9 Å². The van der Waals surface area contributed by atoms with Crippen LogP contribution in [0, 0.1) is 5.92 Å². The lowest BCUT2D eigenvalue weighted by molar-refractivity contribution is -0.121. The van der Waals surface area contributed by atoms with Gasteiger partial charge in [-0.1, -0.05) is 30.3 Å². The Morgan fingerprint density at radius 3 is 2.60 bits per heavy atom. The fourth-order valence-corrected chi connectivity index (χ4v) is 2.65. The van der Waals surface area contributed by atoms with Gasteiger partial charge >= 0.3 is 0 Å². The summed E-state index contributed by atoms with van der Waals surface area (Å²) in [6, 6.07) is 10.5. The molecule has 1 atom stereocenters. The lowest BCUT2D eigenvalue weighted by Gasteiger charge is -2.17. The van der Waals surface area contributed by atoms with E-state index >= 15 is 0 Å². The van der Waals surface area contributed by atoms with Gasteiger partial charge in [-0.15, -0.1) is 0 Å². The Labute approximate surface area is 122 Å². The van der Waals surface area contributed by atoms with Gasteiger partial charge in [-0.25, -0.2) is 0 Å². The van der Waals surface area contributed by atoms with Crippen LogP contribution in [0.15, 0.2) is 30.3 Å². The SMILES string of the molecule is CN(C)CCCNC(=O)CC(c1ccccc1)C1CC1. The fraction of sp³-hybridized carbons (Fsp3) is 0.588. The van der Waals surface area contributed by atoms with Crippen LogP contribution < -0.4 is 5.32 Å². The number of nitrogens with one attached hydrogen (secondary N) is 1. The topological polar surface area (TPSA) is 32.3 Å². The van der Waals surface area contributed by atoms with Crippen LogP contribution in [0.5, 0.6) is 0 Å². The Kier molecular flexibility index (Phi) is 5.60. The van der Waals surface area contributed by atoms with Gasteiger partial charge in [-0.2, -0.15) is 0 Å². The number of carbonyl (C=O) groups excluding carboxylic acids is 1. The number of carbonyl (C=O) groups is 1. The second-order valence-electron chi connectivity index (χ2n) is 6.07. The number of benzene rings is 1. The minimum absolute atomic E-state index is 0.199. The van der Waals surface area contributed by atoms with Crippen molar-refractivity contribution >= 4 is 5.91 Å². The van der Waals surface area contributed by atoms with Crippen LogP contribution in [0.25, 0.3) is 0 Å². The Morgan fingerprint density at radius 2 is 2.00 bits per heavy atom. The van der Waals surface area contributed by atoms with Crippen molar-refractivity contribution in [1.29, 1.82) is 0 Å². The van der Waals surface area contributed by atoms with E-state index in [-0.39, 0.29) is 5.91 Å². The quantitative estimate of drug-likeness (QED) is 0.739. The van der Waals surface area contributed by atoms with Crippen molar-refractivity contribution in [3.63, 3.8) is 0 Å². The van der Waals surface area contributed by atoms with Crippen LogP contribution in [-0.4, -0.2) is 38.0 Å². The van der Waals surface area contributed by atoms with Gasteiger partial charge in [0.05, 0.1) is 0 Å². The first-order chi connectivity index (χ1) is 9.66. The third-order valence-electron chi connectivity index (χ3n) is 3.93. The van der Waals surface area contributed by atoms with Gasteiger partial charge < -0.3 is 10.2 Å². The van der Waals surface area contributed by atoms with Crippen LogP contribution in [0.3, 0.4) is 0 Å². The largest absolute Gasteiger partial charge is 0.356 e. The molecule has 1 aliphatic rings. The van der Waals surface area contributed by atoms with E-state index in [1.807, 2.05) is 6.07 Å². The summed E-state index contributed by atoms with van der Waals surface area (Å²) in [6.45, 7) is 1.80. The van der Waals surface area contributed by atoms with Gasteiger partial charge in [0.25, 0.3) is 0 Å². The first kappa shape index (κ1) is 15.0. The standard InChI is InChI=1S/C17H26N2O/c1-19(2)12-6-11-18-17(20)13-16(15-9-10-15)14-7-4-3-5-8-14/h3-5,7-8,15-16H,6,9-13H2,1-2H3,(H,18,20). The molecule has 0 aliphatic heterocycles. The molecule has 1 unspecified atom stereocenters. The summed E-state index contributed by atoms with van der Waals surface area (Å²) < 4.78 is 0. The maximum absolute atomic E-state index is 12.1. The molecule has 0 aromatic heterocycles. The highest BCUT2D eigenvalue weighted by Crippen LogP contribution is 2.44. The van der Waals surface area contributed by atoms with Crippen molar-refractivity contribution in [1.82, 2.24) is 10.2 Å². The van der Waals surface area contributed by atoms with E-state index in [0.717, 1.165) is 19.5 Å². The maximum atomic E-state index is 12.1. The normalized spacial score (nSPS) is 16.1. The van der Waals surface area contributed by atoms with Gasteiger partial charge in [0.2, 0.25) is 5.91 Å². The van der Waals surface area contributed by atoms with Gasteiger partial charge in [0.15, 0.2) is 0 Å². The van der Waals surface area contributed by atoms with Crippen LogP contribution in [0.2, 0.25) is 0 Å². The molecule has 110 valence electrons. The Bertz CT molecular complexity index is 412. The third-order valence-corrected chi connectivity index (χ3v) is 3.93. The minimum Gasteiger partial charge on any atom is -0.356 e. The van der Waals surface area contributed by atoms with Gasteiger partial charge in [-0.3, -0.25) is 4.79 Å². The molecule has 0 spiro atoms. The molecule has 1 amide bonds. The molecule has 1 N–H and O–H groups in total. The first-order valence-corrected chi connectivity index (χ1v) is 7.63. The molecule has 0 heterocycles. The highest BCUT2D eigenvalue weighted by atomic mass is 16.1. The van der Waals surface area contributed by atoms with Crippen molar-refractivity contribution in [2.45, 2.75) is 31.6 Å². The van der Waals surface area contributed by atoms with Crippen molar-refractivity contribution in [2.75, 3.05) is 27.2 Å². The lowest BCUT2D eigenvalue weighted by atomic mass is 9.91. The number of amides is 1. The Hall–Kier alpha value is -1.35. The van der Waals surface area contributed by atoms with E-state index < -0.39 is 0 Å². The molecule has 0 radical (unpaired) electrons. The summed E-state index contributed by atoms with van der Waals surface area (Å²) in [5.41, 5.74) is 1.32. The Morgan fingerprint density at radius 1 is 1.30 bits per heavy atom. The average Bonchev–Trinajstić information content (AvgIpc) is 3.26. The van der Waals surface area contributed by atoms with E-state index in [4.69, 9.17) is 0 Å². The molecule has 1 fully saturated rings. The lowest BCUT2D eigenvalue weighted by Crippen LogP contribution is -2.28. The summed E-state index contributed by atoms with van der Waals surface area (Å²) in [7, 11) is 4.11. The molecule has 20 heavy (non-hydrogen) atoms. The van der Waals surface area contributed by atoms with Crippen molar-refractivity contribution < 1.29 is 4.79 Å². The second kappa shape index (κ2) is 7.44. The molecule has 0 bridgehead atoms. The van der Waals surface area contributed by atoms with Crippen LogP contribution in [-0.2, 0) is 4.79 Å².